The van der Waals surface area contributed by atoms with E-state index in [0.29, 0.717) is 23.5 Å². The predicted octanol–water partition coefficient (Wildman–Crippen LogP) is 2.01. The van der Waals surface area contributed by atoms with Crippen LogP contribution in [0.5, 0.6) is 0 Å². The van der Waals surface area contributed by atoms with E-state index < -0.39 is 9.84 Å². The Morgan fingerprint density at radius 3 is 2.83 bits per heavy atom. The zero-order valence-electron chi connectivity index (χ0n) is 13.0. The van der Waals surface area contributed by atoms with Crippen molar-refractivity contribution in [3.63, 3.8) is 0 Å². The molecule has 0 radical (unpaired) electrons. The van der Waals surface area contributed by atoms with Gasteiger partial charge in [-0.05, 0) is 29.9 Å². The Morgan fingerprint density at radius 2 is 2.13 bits per heavy atom. The first kappa shape index (κ1) is 16.4. The lowest BCUT2D eigenvalue weighted by atomic mass is 10.1. The minimum absolute atomic E-state index is 0.000404. The van der Waals surface area contributed by atoms with Crippen LogP contribution in [-0.2, 0) is 15.6 Å². The zero-order valence-corrected chi connectivity index (χ0v) is 14.6. The smallest absolute Gasteiger partial charge is 0.264 e. The van der Waals surface area contributed by atoms with Crippen LogP contribution in [0.1, 0.15) is 28.1 Å². The van der Waals surface area contributed by atoms with Gasteiger partial charge in [-0.2, -0.15) is 0 Å². The Bertz CT molecular complexity index is 842. The summed E-state index contributed by atoms with van der Waals surface area (Å²) in [5.41, 5.74) is 6.59. The largest absolute Gasteiger partial charge is 0.336 e. The number of rotatable bonds is 3. The Kier molecular flexibility index (Phi) is 4.44. The summed E-state index contributed by atoms with van der Waals surface area (Å²) in [5.74, 6) is -0.210. The quantitative estimate of drug-likeness (QED) is 0.916. The van der Waals surface area contributed by atoms with Crippen LogP contribution in [0.25, 0.3) is 10.1 Å². The van der Waals surface area contributed by atoms with Gasteiger partial charge in [0.25, 0.3) is 5.91 Å². The molecule has 2 N–H and O–H groups in total. The molecule has 3 rings (SSSR count). The molecule has 1 aromatic heterocycles. The fraction of sp³-hybridized carbons (Fsp3) is 0.438. The molecule has 1 saturated heterocycles. The molecule has 2 aromatic rings. The molecular formula is C16H20N2O3S2. The number of carbonyl (C=O) groups is 1. The fourth-order valence-electron chi connectivity index (χ4n) is 3.02. The number of fused-ring (bicyclic) bond motifs is 1. The van der Waals surface area contributed by atoms with Crippen LogP contribution < -0.4 is 5.73 Å². The lowest BCUT2D eigenvalue weighted by Gasteiger charge is -2.30. The minimum atomic E-state index is -3.22. The highest BCUT2D eigenvalue weighted by Gasteiger charge is 2.27. The van der Waals surface area contributed by atoms with Gasteiger partial charge in [0.15, 0.2) is 9.84 Å². The van der Waals surface area contributed by atoms with Crippen LogP contribution in [0, 0.1) is 0 Å². The summed E-state index contributed by atoms with van der Waals surface area (Å²) in [6, 6.07) is 7.57. The Morgan fingerprint density at radius 1 is 1.39 bits per heavy atom. The first-order valence-corrected chi connectivity index (χ1v) is 10.5. The molecule has 23 heavy (non-hydrogen) atoms. The summed E-state index contributed by atoms with van der Waals surface area (Å²) in [6.45, 7) is 1.21. The van der Waals surface area contributed by atoms with Gasteiger partial charge < -0.3 is 10.6 Å². The maximum atomic E-state index is 12.9. The Hall–Kier alpha value is -1.44. The van der Waals surface area contributed by atoms with E-state index in [9.17, 15) is 13.2 Å². The third kappa shape index (κ3) is 3.57. The molecule has 0 spiro atoms. The number of piperidine rings is 1. The van der Waals surface area contributed by atoms with Crippen LogP contribution in [0.3, 0.4) is 0 Å². The average Bonchev–Trinajstić information content (AvgIpc) is 2.83. The van der Waals surface area contributed by atoms with E-state index in [0.717, 1.165) is 22.9 Å². The molecule has 0 saturated carbocycles. The van der Waals surface area contributed by atoms with Crippen LogP contribution in [0.15, 0.2) is 24.3 Å². The van der Waals surface area contributed by atoms with E-state index >= 15 is 0 Å². The first-order chi connectivity index (χ1) is 10.8. The average molecular weight is 352 g/mol. The van der Waals surface area contributed by atoms with Crippen LogP contribution in [-0.4, -0.2) is 44.6 Å². The van der Waals surface area contributed by atoms with E-state index in [-0.39, 0.29) is 17.7 Å². The van der Waals surface area contributed by atoms with Gasteiger partial charge in [0.2, 0.25) is 0 Å². The summed E-state index contributed by atoms with van der Waals surface area (Å²) in [7, 11) is -3.22. The van der Waals surface area contributed by atoms with Gasteiger partial charge in [0, 0.05) is 30.1 Å². The van der Waals surface area contributed by atoms with Crippen molar-refractivity contribution in [2.45, 2.75) is 24.6 Å². The standard InChI is InChI=1S/C16H20N2O3S2/c1-23(20,21)10-13-12-6-2-3-7-14(12)22-15(13)16(19)18-8-4-5-11(17)9-18/h2-3,6-7,11H,4-5,8-10,17H2,1H3. The second-order valence-corrected chi connectivity index (χ2v) is 9.32. The number of nitrogens with zero attached hydrogens (tertiary/aromatic N) is 1. The molecule has 1 atom stereocenters. The SMILES string of the molecule is CS(=O)(=O)Cc1c(C(=O)N2CCCC(N)C2)sc2ccccc12. The number of likely N-dealkylation sites (tertiary alicyclic amines) is 1. The number of amides is 1. The van der Waals surface area contributed by atoms with Gasteiger partial charge in [-0.15, -0.1) is 11.3 Å². The molecule has 1 aromatic carbocycles. The number of sulfone groups is 1. The van der Waals surface area contributed by atoms with Gasteiger partial charge in [-0.1, -0.05) is 18.2 Å². The van der Waals surface area contributed by atoms with Crippen molar-refractivity contribution >= 4 is 37.2 Å². The molecule has 1 aliphatic rings. The number of thiophene rings is 1. The summed E-state index contributed by atoms with van der Waals surface area (Å²) in [5, 5.41) is 0.854. The summed E-state index contributed by atoms with van der Waals surface area (Å²) >= 11 is 1.37. The van der Waals surface area contributed by atoms with Crippen molar-refractivity contribution in [1.29, 1.82) is 0 Å². The highest BCUT2D eigenvalue weighted by Crippen LogP contribution is 2.33. The van der Waals surface area contributed by atoms with E-state index in [1.165, 1.54) is 17.6 Å². The second kappa shape index (κ2) is 6.22. The van der Waals surface area contributed by atoms with Gasteiger partial charge in [0.05, 0.1) is 10.6 Å². The second-order valence-electron chi connectivity index (χ2n) is 6.13. The number of nitrogens with two attached hydrogens (primary N) is 1. The molecule has 5 nitrogen and oxygen atoms in total. The van der Waals surface area contributed by atoms with E-state index in [1.54, 1.807) is 4.90 Å². The van der Waals surface area contributed by atoms with Crippen molar-refractivity contribution in [1.82, 2.24) is 4.90 Å². The van der Waals surface area contributed by atoms with Crippen molar-refractivity contribution in [3.8, 4) is 0 Å². The molecule has 0 aliphatic carbocycles. The number of benzene rings is 1. The van der Waals surface area contributed by atoms with Gasteiger partial charge in [0.1, 0.15) is 0 Å². The molecule has 2 heterocycles. The van der Waals surface area contributed by atoms with Gasteiger partial charge >= 0.3 is 0 Å². The van der Waals surface area contributed by atoms with Crippen molar-refractivity contribution in [2.75, 3.05) is 19.3 Å². The fourth-order valence-corrected chi connectivity index (χ4v) is 5.12. The molecule has 124 valence electrons. The zero-order chi connectivity index (χ0) is 16.6. The Balaban J connectivity index is 2.05. The van der Waals surface area contributed by atoms with Crippen LogP contribution in [0.4, 0.5) is 0 Å². The summed E-state index contributed by atoms with van der Waals surface area (Å²) in [6.07, 6.45) is 3.01. The lowest BCUT2D eigenvalue weighted by molar-refractivity contribution is 0.0713. The molecule has 1 unspecified atom stereocenters. The maximum absolute atomic E-state index is 12.9. The van der Waals surface area contributed by atoms with Crippen LogP contribution >= 0.6 is 11.3 Å². The normalized spacial score (nSPS) is 19.2. The molecule has 1 fully saturated rings. The Labute approximate surface area is 140 Å². The van der Waals surface area contributed by atoms with E-state index in [1.807, 2.05) is 24.3 Å². The number of hydrogen-bond acceptors (Lipinski definition) is 5. The summed E-state index contributed by atoms with van der Waals surface area (Å²) in [4.78, 5) is 15.2. The number of hydrogen-bond donors (Lipinski definition) is 1. The monoisotopic (exact) mass is 352 g/mol. The van der Waals surface area contributed by atoms with Gasteiger partial charge in [-0.25, -0.2) is 8.42 Å². The topological polar surface area (TPSA) is 80.5 Å². The summed E-state index contributed by atoms with van der Waals surface area (Å²) < 4.78 is 24.6. The number of carbonyl (C=O) groups excluding carboxylic acids is 1. The molecule has 7 heteroatoms. The van der Waals surface area contributed by atoms with Crippen LogP contribution in [0.2, 0.25) is 0 Å². The lowest BCUT2D eigenvalue weighted by Crippen LogP contribution is -2.45. The molecular weight excluding hydrogens is 332 g/mol. The first-order valence-electron chi connectivity index (χ1n) is 7.58. The third-order valence-corrected chi connectivity index (χ3v) is 6.06. The van der Waals surface area contributed by atoms with Crippen molar-refractivity contribution < 1.29 is 13.2 Å². The van der Waals surface area contributed by atoms with Crippen molar-refractivity contribution in [2.24, 2.45) is 5.73 Å². The van der Waals surface area contributed by atoms with Gasteiger partial charge in [-0.3, -0.25) is 4.79 Å². The molecule has 0 bridgehead atoms. The minimum Gasteiger partial charge on any atom is -0.336 e. The highest BCUT2D eigenvalue weighted by molar-refractivity contribution is 7.89. The predicted molar refractivity (Wildman–Crippen MR) is 93.5 cm³/mol. The van der Waals surface area contributed by atoms with E-state index in [2.05, 4.69) is 0 Å². The molecule has 1 aliphatic heterocycles. The highest BCUT2D eigenvalue weighted by atomic mass is 32.2. The third-order valence-electron chi connectivity index (χ3n) is 4.04. The van der Waals surface area contributed by atoms with Crippen molar-refractivity contribution in [3.05, 3.63) is 34.7 Å². The molecule has 1 amide bonds. The maximum Gasteiger partial charge on any atom is 0.264 e. The van der Waals surface area contributed by atoms with E-state index in [4.69, 9.17) is 5.73 Å².